The van der Waals surface area contributed by atoms with Gasteiger partial charge in [-0.1, -0.05) is 11.3 Å². The van der Waals surface area contributed by atoms with Gasteiger partial charge in [0, 0.05) is 12.3 Å². The smallest absolute Gasteiger partial charge is 0.214 e. The first-order valence-electron chi connectivity index (χ1n) is 5.83. The van der Waals surface area contributed by atoms with Gasteiger partial charge in [-0.2, -0.15) is 0 Å². The van der Waals surface area contributed by atoms with E-state index in [-0.39, 0.29) is 0 Å². The minimum Gasteiger partial charge on any atom is -0.481 e. The molecule has 4 aromatic rings. The zero-order valence-corrected chi connectivity index (χ0v) is 13.6. The van der Waals surface area contributed by atoms with E-state index in [0.717, 1.165) is 29.7 Å². The summed E-state index contributed by atoms with van der Waals surface area (Å²) >= 11 is 6.73. The van der Waals surface area contributed by atoms with Crippen molar-refractivity contribution in [2.45, 2.75) is 0 Å². The van der Waals surface area contributed by atoms with Gasteiger partial charge in [0.15, 0.2) is 4.96 Å². The van der Waals surface area contributed by atoms with Crippen LogP contribution in [0.25, 0.3) is 25.9 Å². The van der Waals surface area contributed by atoms with E-state index in [1.807, 2.05) is 18.2 Å². The highest BCUT2D eigenvalue weighted by Crippen LogP contribution is 2.33. The summed E-state index contributed by atoms with van der Waals surface area (Å²) in [6.07, 6.45) is 2.06. The molecule has 0 atom stereocenters. The monoisotopic (exact) mass is 365 g/mol. The number of hydrogen-bond acceptors (Lipinski definition) is 5. The van der Waals surface area contributed by atoms with Crippen LogP contribution in [0.3, 0.4) is 0 Å². The van der Waals surface area contributed by atoms with Gasteiger partial charge in [-0.05, 0) is 34.1 Å². The number of thiophene rings is 1. The number of aromatic nitrogens is 3. The standard InChI is InChI=1S/C13H8BrN3OS2/c1-18-11-5-2-8-12(16-11)20-13-15-7(6-17(8)13)9-3-4-10(14)19-9/h2-6H,1H3. The van der Waals surface area contributed by atoms with Crippen LogP contribution in [0.5, 0.6) is 5.88 Å². The van der Waals surface area contributed by atoms with Gasteiger partial charge < -0.3 is 4.74 Å². The van der Waals surface area contributed by atoms with Gasteiger partial charge in [-0.3, -0.25) is 4.40 Å². The molecule has 0 spiro atoms. The summed E-state index contributed by atoms with van der Waals surface area (Å²) in [5.74, 6) is 0.629. The maximum atomic E-state index is 5.15. The molecule has 4 rings (SSSR count). The summed E-state index contributed by atoms with van der Waals surface area (Å²) in [4.78, 5) is 12.2. The highest BCUT2D eigenvalue weighted by atomic mass is 79.9. The second-order valence-corrected chi connectivity index (χ2v) is 7.58. The predicted octanol–water partition coefficient (Wildman–Crippen LogP) is 4.44. The molecule has 4 nitrogen and oxygen atoms in total. The highest BCUT2D eigenvalue weighted by Gasteiger charge is 2.12. The van der Waals surface area contributed by atoms with Crippen molar-refractivity contribution in [2.24, 2.45) is 0 Å². The number of ether oxygens (including phenoxy) is 1. The topological polar surface area (TPSA) is 39.4 Å². The van der Waals surface area contributed by atoms with Crippen LogP contribution in [0.15, 0.2) is 34.2 Å². The zero-order valence-electron chi connectivity index (χ0n) is 10.3. The van der Waals surface area contributed by atoms with Gasteiger partial charge >= 0.3 is 0 Å². The van der Waals surface area contributed by atoms with Gasteiger partial charge in [0.1, 0.15) is 10.5 Å². The van der Waals surface area contributed by atoms with Crippen molar-refractivity contribution in [3.8, 4) is 16.5 Å². The minimum absolute atomic E-state index is 0.629. The average Bonchev–Trinajstić information content (AvgIpc) is 3.11. The second-order valence-electron chi connectivity index (χ2n) is 4.16. The number of rotatable bonds is 2. The van der Waals surface area contributed by atoms with Crippen molar-refractivity contribution in [1.82, 2.24) is 14.4 Å². The molecule has 4 aromatic heterocycles. The van der Waals surface area contributed by atoms with E-state index in [1.54, 1.807) is 29.8 Å². The molecular formula is C13H8BrN3OS2. The van der Waals surface area contributed by atoms with Crippen LogP contribution in [0.1, 0.15) is 0 Å². The third-order valence-electron chi connectivity index (χ3n) is 2.97. The van der Waals surface area contributed by atoms with Crippen LogP contribution in [-0.4, -0.2) is 21.5 Å². The molecule has 7 heteroatoms. The van der Waals surface area contributed by atoms with Gasteiger partial charge in [-0.25, -0.2) is 9.97 Å². The third kappa shape index (κ3) is 1.85. The second kappa shape index (κ2) is 4.54. The molecule has 0 unspecified atom stereocenters. The van der Waals surface area contributed by atoms with Crippen LogP contribution in [-0.2, 0) is 0 Å². The average molecular weight is 366 g/mol. The molecule has 0 radical (unpaired) electrons. The van der Waals surface area contributed by atoms with Gasteiger partial charge in [0.25, 0.3) is 0 Å². The molecule has 0 saturated carbocycles. The first-order valence-corrected chi connectivity index (χ1v) is 8.25. The Balaban J connectivity index is 1.92. The Hall–Kier alpha value is -1.44. The molecule has 0 bridgehead atoms. The number of pyridine rings is 1. The molecule has 0 aromatic carbocycles. The van der Waals surface area contributed by atoms with Crippen LogP contribution >= 0.6 is 38.6 Å². The normalized spacial score (nSPS) is 11.5. The van der Waals surface area contributed by atoms with E-state index in [4.69, 9.17) is 4.74 Å². The molecule has 100 valence electrons. The van der Waals surface area contributed by atoms with Crippen LogP contribution < -0.4 is 4.74 Å². The molecule has 0 amide bonds. The number of methoxy groups -OCH3 is 1. The first-order chi connectivity index (χ1) is 9.74. The summed E-state index contributed by atoms with van der Waals surface area (Å²) in [5.41, 5.74) is 2.05. The fraction of sp³-hybridized carbons (Fsp3) is 0.0769. The number of nitrogens with zero attached hydrogens (tertiary/aromatic N) is 3. The largest absolute Gasteiger partial charge is 0.481 e. The summed E-state index contributed by atoms with van der Waals surface area (Å²) in [5, 5.41) is 0. The fourth-order valence-electron chi connectivity index (χ4n) is 2.05. The van der Waals surface area contributed by atoms with Crippen molar-refractivity contribution in [3.05, 3.63) is 34.2 Å². The summed E-state index contributed by atoms with van der Waals surface area (Å²) in [7, 11) is 1.62. The lowest BCUT2D eigenvalue weighted by atomic mass is 10.4. The minimum atomic E-state index is 0.629. The fourth-order valence-corrected chi connectivity index (χ4v) is 4.37. The molecule has 4 heterocycles. The summed E-state index contributed by atoms with van der Waals surface area (Å²) < 4.78 is 8.34. The lowest BCUT2D eigenvalue weighted by Gasteiger charge is -1.96. The van der Waals surface area contributed by atoms with E-state index in [0.29, 0.717) is 5.88 Å². The van der Waals surface area contributed by atoms with Crippen molar-refractivity contribution in [1.29, 1.82) is 0 Å². The van der Waals surface area contributed by atoms with Gasteiger partial charge in [-0.15, -0.1) is 11.3 Å². The van der Waals surface area contributed by atoms with Crippen LogP contribution in [0.4, 0.5) is 0 Å². The van der Waals surface area contributed by atoms with Crippen molar-refractivity contribution in [3.63, 3.8) is 0 Å². The van der Waals surface area contributed by atoms with Crippen molar-refractivity contribution >= 4 is 53.9 Å². The number of thiazole rings is 1. The maximum Gasteiger partial charge on any atom is 0.214 e. The third-order valence-corrected chi connectivity index (χ3v) is 5.58. The number of imidazole rings is 1. The number of halogens is 1. The lowest BCUT2D eigenvalue weighted by Crippen LogP contribution is -1.86. The van der Waals surface area contributed by atoms with Crippen molar-refractivity contribution in [2.75, 3.05) is 7.11 Å². The molecule has 0 aliphatic rings. The highest BCUT2D eigenvalue weighted by molar-refractivity contribution is 9.11. The Morgan fingerprint density at radius 1 is 1.15 bits per heavy atom. The van der Waals surface area contributed by atoms with Crippen LogP contribution in [0.2, 0.25) is 0 Å². The maximum absolute atomic E-state index is 5.15. The van der Waals surface area contributed by atoms with E-state index >= 15 is 0 Å². The van der Waals surface area contributed by atoms with E-state index < -0.39 is 0 Å². The Morgan fingerprint density at radius 3 is 2.80 bits per heavy atom. The van der Waals surface area contributed by atoms with E-state index in [2.05, 4.69) is 42.6 Å². The molecule has 0 aliphatic heterocycles. The Kier molecular flexibility index (Phi) is 2.80. The van der Waals surface area contributed by atoms with Gasteiger partial charge in [0.05, 0.1) is 21.3 Å². The lowest BCUT2D eigenvalue weighted by molar-refractivity contribution is 0.400. The molecule has 0 N–H and O–H groups in total. The SMILES string of the molecule is COc1ccc2c(n1)sc1nc(-c3ccc(Br)s3)cn12. The molecule has 20 heavy (non-hydrogen) atoms. The summed E-state index contributed by atoms with van der Waals surface area (Å²) in [6, 6.07) is 8.00. The predicted molar refractivity (Wildman–Crippen MR) is 85.9 cm³/mol. The van der Waals surface area contributed by atoms with Crippen molar-refractivity contribution < 1.29 is 4.74 Å². The Bertz CT molecular complexity index is 924. The molecule has 0 fully saturated rings. The molecule has 0 saturated heterocycles. The van der Waals surface area contributed by atoms with E-state index in [1.165, 1.54) is 0 Å². The van der Waals surface area contributed by atoms with Gasteiger partial charge in [0.2, 0.25) is 5.88 Å². The van der Waals surface area contributed by atoms with E-state index in [9.17, 15) is 0 Å². The Morgan fingerprint density at radius 2 is 2.05 bits per heavy atom. The van der Waals surface area contributed by atoms with Crippen LogP contribution in [0, 0.1) is 0 Å². The quantitative estimate of drug-likeness (QED) is 0.526. The molecule has 0 aliphatic carbocycles. The zero-order chi connectivity index (χ0) is 13.7. The summed E-state index contributed by atoms with van der Waals surface area (Å²) in [6.45, 7) is 0. The number of hydrogen-bond donors (Lipinski definition) is 0. The number of fused-ring (bicyclic) bond motifs is 3. The molecular weight excluding hydrogens is 358 g/mol. The Labute approximate surface area is 130 Å². The first kappa shape index (κ1) is 12.3.